The fourth-order valence-corrected chi connectivity index (χ4v) is 2.70. The third-order valence-corrected chi connectivity index (χ3v) is 4.36. The van der Waals surface area contributed by atoms with Gasteiger partial charge in [-0.05, 0) is 55.7 Å². The van der Waals surface area contributed by atoms with E-state index in [1.54, 1.807) is 18.2 Å². The Balaban J connectivity index is 1.94. The van der Waals surface area contributed by atoms with Crippen LogP contribution in [0.15, 0.2) is 42.5 Å². The number of hydrogen-bond donors (Lipinski definition) is 0. The Morgan fingerprint density at radius 3 is 2.30 bits per heavy atom. The first-order chi connectivity index (χ1) is 13.0. The molecule has 0 atom stereocenters. The van der Waals surface area contributed by atoms with Crippen LogP contribution in [0.25, 0.3) is 0 Å². The molecule has 0 radical (unpaired) electrons. The summed E-state index contributed by atoms with van der Waals surface area (Å²) in [4.78, 5) is 24.6. The maximum Gasteiger partial charge on any atom is 0.343 e. The summed E-state index contributed by atoms with van der Waals surface area (Å²) in [6, 6.07) is 12.2. The number of carbonyl (C=O) groups is 2. The van der Waals surface area contributed by atoms with Crippen LogP contribution in [0.3, 0.4) is 0 Å². The Hall–Kier alpha value is -2.62. The Bertz CT molecular complexity index is 780. The van der Waals surface area contributed by atoms with Crippen molar-refractivity contribution in [2.24, 2.45) is 0 Å². The maximum absolute atomic E-state index is 12.4. The summed E-state index contributed by atoms with van der Waals surface area (Å²) in [5.41, 5.74) is 2.58. The van der Waals surface area contributed by atoms with Crippen molar-refractivity contribution in [1.29, 1.82) is 0 Å². The average Bonchev–Trinajstić information content (AvgIpc) is 2.67. The van der Waals surface area contributed by atoms with E-state index in [1.165, 1.54) is 18.9 Å². The third-order valence-electron chi connectivity index (χ3n) is 4.36. The predicted octanol–water partition coefficient (Wildman–Crippen LogP) is 5.65. The second-order valence-corrected chi connectivity index (χ2v) is 6.79. The monoisotopic (exact) mass is 368 g/mol. The van der Waals surface area contributed by atoms with E-state index in [2.05, 4.69) is 6.92 Å². The summed E-state index contributed by atoms with van der Waals surface area (Å²) in [7, 11) is 0. The van der Waals surface area contributed by atoms with E-state index in [0.29, 0.717) is 23.5 Å². The number of benzene rings is 2. The Morgan fingerprint density at radius 1 is 0.852 bits per heavy atom. The number of unbranched alkanes of at least 4 members (excludes halogenated alkanes) is 4. The SMILES string of the molecule is CCCCCCCOC(=O)c1cccc(C(=O)Oc2cc(C)ccc2C)c1. The van der Waals surface area contributed by atoms with Crippen molar-refractivity contribution in [3.63, 3.8) is 0 Å². The van der Waals surface area contributed by atoms with Crippen molar-refractivity contribution in [3.05, 3.63) is 64.7 Å². The molecular formula is C23H28O4. The first kappa shape index (κ1) is 20.7. The van der Waals surface area contributed by atoms with Gasteiger partial charge >= 0.3 is 11.9 Å². The van der Waals surface area contributed by atoms with Crippen molar-refractivity contribution in [2.45, 2.75) is 52.9 Å². The summed E-state index contributed by atoms with van der Waals surface area (Å²) >= 11 is 0. The molecular weight excluding hydrogens is 340 g/mol. The number of rotatable bonds is 9. The van der Waals surface area contributed by atoms with Gasteiger partial charge in [-0.15, -0.1) is 0 Å². The molecule has 144 valence electrons. The summed E-state index contributed by atoms with van der Waals surface area (Å²) in [6.07, 6.45) is 5.47. The quantitative estimate of drug-likeness (QED) is 0.326. The number of ether oxygens (including phenoxy) is 2. The topological polar surface area (TPSA) is 52.6 Å². The fourth-order valence-electron chi connectivity index (χ4n) is 2.70. The van der Waals surface area contributed by atoms with Crippen LogP contribution in [0.5, 0.6) is 5.75 Å². The van der Waals surface area contributed by atoms with Gasteiger partial charge in [0.05, 0.1) is 17.7 Å². The molecule has 0 saturated carbocycles. The summed E-state index contributed by atoms with van der Waals surface area (Å²) in [5, 5.41) is 0. The molecule has 0 bridgehead atoms. The van der Waals surface area contributed by atoms with Gasteiger partial charge in [0.1, 0.15) is 5.75 Å². The highest BCUT2D eigenvalue weighted by atomic mass is 16.5. The molecule has 0 saturated heterocycles. The van der Waals surface area contributed by atoms with Crippen LogP contribution in [-0.2, 0) is 4.74 Å². The first-order valence-electron chi connectivity index (χ1n) is 9.58. The van der Waals surface area contributed by atoms with Gasteiger partial charge in [0.2, 0.25) is 0 Å². The van der Waals surface area contributed by atoms with Crippen molar-refractivity contribution in [2.75, 3.05) is 6.61 Å². The molecule has 2 aromatic carbocycles. The van der Waals surface area contributed by atoms with Crippen molar-refractivity contribution >= 4 is 11.9 Å². The van der Waals surface area contributed by atoms with Gasteiger partial charge in [-0.1, -0.05) is 50.8 Å². The first-order valence-corrected chi connectivity index (χ1v) is 9.58. The van der Waals surface area contributed by atoms with Crippen LogP contribution in [0.4, 0.5) is 0 Å². The largest absolute Gasteiger partial charge is 0.462 e. The van der Waals surface area contributed by atoms with E-state index >= 15 is 0 Å². The minimum absolute atomic E-state index is 0.327. The summed E-state index contributed by atoms with van der Waals surface area (Å²) in [6.45, 7) is 6.39. The molecule has 27 heavy (non-hydrogen) atoms. The lowest BCUT2D eigenvalue weighted by Gasteiger charge is -2.09. The smallest absolute Gasteiger partial charge is 0.343 e. The second kappa shape index (κ2) is 10.5. The molecule has 0 N–H and O–H groups in total. The Morgan fingerprint density at radius 2 is 1.56 bits per heavy atom. The lowest BCUT2D eigenvalue weighted by Crippen LogP contribution is -2.12. The van der Waals surface area contributed by atoms with E-state index in [9.17, 15) is 9.59 Å². The predicted molar refractivity (Wildman–Crippen MR) is 106 cm³/mol. The van der Waals surface area contributed by atoms with Crippen LogP contribution in [-0.4, -0.2) is 18.5 Å². The Kier molecular flexibility index (Phi) is 8.05. The van der Waals surface area contributed by atoms with E-state index in [0.717, 1.165) is 30.4 Å². The van der Waals surface area contributed by atoms with Gasteiger partial charge in [-0.2, -0.15) is 0 Å². The normalized spacial score (nSPS) is 10.5. The van der Waals surface area contributed by atoms with Crippen molar-refractivity contribution in [1.82, 2.24) is 0 Å². The molecule has 4 nitrogen and oxygen atoms in total. The van der Waals surface area contributed by atoms with E-state index in [4.69, 9.17) is 9.47 Å². The van der Waals surface area contributed by atoms with Gasteiger partial charge in [0.25, 0.3) is 0 Å². The molecule has 0 amide bonds. The Labute approximate surface area is 161 Å². The summed E-state index contributed by atoms with van der Waals surface area (Å²) in [5.74, 6) is -0.371. The fraction of sp³-hybridized carbons (Fsp3) is 0.391. The lowest BCUT2D eigenvalue weighted by molar-refractivity contribution is 0.0497. The van der Waals surface area contributed by atoms with Crippen molar-refractivity contribution in [3.8, 4) is 5.75 Å². The van der Waals surface area contributed by atoms with Crippen LogP contribution >= 0.6 is 0 Å². The van der Waals surface area contributed by atoms with Crippen LogP contribution in [0.2, 0.25) is 0 Å². The van der Waals surface area contributed by atoms with Crippen molar-refractivity contribution < 1.29 is 19.1 Å². The minimum Gasteiger partial charge on any atom is -0.462 e. The standard InChI is InChI=1S/C23H28O4/c1-4-5-6-7-8-14-26-22(24)19-10-9-11-20(16-19)23(25)27-21-15-17(2)12-13-18(21)3/h9-13,15-16H,4-8,14H2,1-3H3. The van der Waals surface area contributed by atoms with E-state index in [-0.39, 0.29) is 0 Å². The third kappa shape index (κ3) is 6.55. The number of hydrogen-bond acceptors (Lipinski definition) is 4. The van der Waals surface area contributed by atoms with Crippen LogP contribution in [0.1, 0.15) is 70.9 Å². The lowest BCUT2D eigenvalue weighted by atomic mass is 10.1. The van der Waals surface area contributed by atoms with Gasteiger partial charge in [0, 0.05) is 0 Å². The zero-order chi connectivity index (χ0) is 19.6. The molecule has 0 aliphatic rings. The van der Waals surface area contributed by atoms with Gasteiger partial charge in [-0.25, -0.2) is 9.59 Å². The van der Waals surface area contributed by atoms with Crippen LogP contribution in [0, 0.1) is 13.8 Å². The molecule has 0 spiro atoms. The number of carbonyl (C=O) groups excluding carboxylic acids is 2. The maximum atomic E-state index is 12.4. The van der Waals surface area contributed by atoms with Gasteiger partial charge in [0.15, 0.2) is 0 Å². The van der Waals surface area contributed by atoms with Crippen LogP contribution < -0.4 is 4.74 Å². The molecule has 2 aromatic rings. The number of aryl methyl sites for hydroxylation is 2. The molecule has 4 heteroatoms. The number of esters is 2. The zero-order valence-electron chi connectivity index (χ0n) is 16.4. The van der Waals surface area contributed by atoms with Gasteiger partial charge in [-0.3, -0.25) is 0 Å². The highest BCUT2D eigenvalue weighted by Crippen LogP contribution is 2.21. The molecule has 0 aliphatic carbocycles. The highest BCUT2D eigenvalue weighted by molar-refractivity contribution is 5.96. The second-order valence-electron chi connectivity index (χ2n) is 6.79. The van der Waals surface area contributed by atoms with Gasteiger partial charge < -0.3 is 9.47 Å². The molecule has 0 aliphatic heterocycles. The molecule has 0 aromatic heterocycles. The molecule has 0 unspecified atom stereocenters. The molecule has 2 rings (SSSR count). The zero-order valence-corrected chi connectivity index (χ0v) is 16.4. The van der Waals surface area contributed by atoms with E-state index in [1.807, 2.05) is 32.0 Å². The average molecular weight is 368 g/mol. The van der Waals surface area contributed by atoms with E-state index < -0.39 is 11.9 Å². The highest BCUT2D eigenvalue weighted by Gasteiger charge is 2.14. The minimum atomic E-state index is -0.488. The molecule has 0 heterocycles. The summed E-state index contributed by atoms with van der Waals surface area (Å²) < 4.78 is 10.8. The molecule has 0 fully saturated rings.